The Morgan fingerprint density at radius 3 is 1.13 bits per heavy atom. The van der Waals surface area contributed by atoms with E-state index in [1.807, 2.05) is 6.08 Å². The van der Waals surface area contributed by atoms with Crippen LogP contribution in [0.5, 0.6) is 0 Å². The molecule has 6 heteroatoms. The van der Waals surface area contributed by atoms with Crippen molar-refractivity contribution >= 4 is 11.9 Å². The van der Waals surface area contributed by atoms with Crippen LogP contribution in [0.3, 0.4) is 0 Å². The number of carbonyl (C=O) groups excluding carboxylic acids is 2. The Labute approximate surface area is 374 Å². The van der Waals surface area contributed by atoms with Gasteiger partial charge in [-0.15, -0.1) is 0 Å². The second-order valence-electron chi connectivity index (χ2n) is 18.6. The Balaban J connectivity index is 3.51. The molecule has 0 radical (unpaired) electrons. The molecule has 6 nitrogen and oxygen atoms in total. The molecule has 0 saturated heterocycles. The van der Waals surface area contributed by atoms with Gasteiger partial charge in [-0.3, -0.25) is 9.59 Å². The molecule has 0 aromatic heterocycles. The van der Waals surface area contributed by atoms with Crippen molar-refractivity contribution in [3.63, 3.8) is 0 Å². The van der Waals surface area contributed by atoms with Crippen LogP contribution in [0, 0.1) is 0 Å². The first-order valence-corrected chi connectivity index (χ1v) is 27.0. The zero-order valence-electron chi connectivity index (χ0n) is 40.5. The van der Waals surface area contributed by atoms with Gasteiger partial charge in [0.2, 0.25) is 5.91 Å². The molecule has 0 aliphatic rings. The Morgan fingerprint density at radius 2 is 0.767 bits per heavy atom. The molecule has 0 rings (SSSR count). The number of hydrogen-bond acceptors (Lipinski definition) is 5. The number of allylic oxidation sites excluding steroid dienone is 1. The third-order valence-corrected chi connectivity index (χ3v) is 12.6. The summed E-state index contributed by atoms with van der Waals surface area (Å²) in [5, 5.41) is 23.1. The highest BCUT2D eigenvalue weighted by Crippen LogP contribution is 2.17. The topological polar surface area (TPSA) is 95.9 Å². The van der Waals surface area contributed by atoms with Gasteiger partial charge in [-0.25, -0.2) is 0 Å². The van der Waals surface area contributed by atoms with Crippen molar-refractivity contribution in [1.82, 2.24) is 5.32 Å². The zero-order chi connectivity index (χ0) is 43.7. The molecule has 60 heavy (non-hydrogen) atoms. The number of aliphatic hydroxyl groups excluding tert-OH is 2. The summed E-state index contributed by atoms with van der Waals surface area (Å²) in [6.07, 6.45) is 57.9. The third kappa shape index (κ3) is 46.1. The van der Waals surface area contributed by atoms with Gasteiger partial charge in [-0.1, -0.05) is 264 Å². The lowest BCUT2D eigenvalue weighted by Gasteiger charge is -2.20. The van der Waals surface area contributed by atoms with Crippen molar-refractivity contribution in [1.29, 1.82) is 0 Å². The first kappa shape index (κ1) is 58.6. The lowest BCUT2D eigenvalue weighted by molar-refractivity contribution is -0.143. The lowest BCUT2D eigenvalue weighted by Crippen LogP contribution is -2.45. The molecule has 0 bridgehead atoms. The molecule has 1 amide bonds. The van der Waals surface area contributed by atoms with Gasteiger partial charge < -0.3 is 20.3 Å². The van der Waals surface area contributed by atoms with E-state index in [1.54, 1.807) is 6.08 Å². The van der Waals surface area contributed by atoms with Crippen LogP contribution in [0.1, 0.15) is 296 Å². The van der Waals surface area contributed by atoms with Gasteiger partial charge in [-0.05, 0) is 32.1 Å². The quantitative estimate of drug-likeness (QED) is 0.0322. The minimum absolute atomic E-state index is 0.0268. The zero-order valence-corrected chi connectivity index (χ0v) is 40.5. The van der Waals surface area contributed by atoms with Crippen LogP contribution >= 0.6 is 0 Å². The number of unbranched alkanes of at least 4 members (excludes halogenated alkanes) is 39. The fraction of sp³-hybridized carbons (Fsp3) is 0.926. The molecule has 2 unspecified atom stereocenters. The lowest BCUT2D eigenvalue weighted by atomic mass is 10.0. The van der Waals surface area contributed by atoms with E-state index >= 15 is 0 Å². The predicted octanol–water partition coefficient (Wildman–Crippen LogP) is 16.1. The second-order valence-corrected chi connectivity index (χ2v) is 18.6. The fourth-order valence-electron chi connectivity index (χ4n) is 8.40. The van der Waals surface area contributed by atoms with Gasteiger partial charge in [0, 0.05) is 12.8 Å². The van der Waals surface area contributed by atoms with Gasteiger partial charge in [0.15, 0.2) is 0 Å². The SMILES string of the molecule is CCCCCCCCCCCCCCCCCCCCCCC/C=C/C(O)C(CO)NC(=O)CCCCCCCCCCCOC(=O)CCCCCCCCCCCCC. The highest BCUT2D eigenvalue weighted by Gasteiger charge is 2.18. The van der Waals surface area contributed by atoms with E-state index in [1.165, 1.54) is 212 Å². The van der Waals surface area contributed by atoms with Crippen molar-refractivity contribution < 1.29 is 24.5 Å². The third-order valence-electron chi connectivity index (χ3n) is 12.6. The van der Waals surface area contributed by atoms with E-state index in [0.717, 1.165) is 57.8 Å². The number of hydrogen-bond donors (Lipinski definition) is 3. The molecule has 0 heterocycles. The highest BCUT2D eigenvalue weighted by atomic mass is 16.5. The van der Waals surface area contributed by atoms with Crippen LogP contribution in [0.4, 0.5) is 0 Å². The molecule has 0 aromatic rings. The largest absolute Gasteiger partial charge is 0.466 e. The standard InChI is InChI=1S/C54H105NO5/c1-3-5-7-9-11-13-15-16-17-18-19-20-21-22-23-24-25-26-28-30-34-38-42-46-52(57)51(50-56)55-53(58)47-43-39-35-31-29-33-37-41-45-49-60-54(59)48-44-40-36-32-27-14-12-10-8-6-4-2/h42,46,51-52,56-57H,3-41,43-45,47-50H2,1-2H3,(H,55,58)/b46-42+. The van der Waals surface area contributed by atoms with Crippen LogP contribution in [0.25, 0.3) is 0 Å². The maximum atomic E-state index is 12.4. The first-order chi connectivity index (χ1) is 29.5. The molecular weight excluding hydrogens is 743 g/mol. The molecule has 2 atom stereocenters. The van der Waals surface area contributed by atoms with Crippen LogP contribution in [0.15, 0.2) is 12.2 Å². The summed E-state index contributed by atoms with van der Waals surface area (Å²) in [6, 6.07) is -0.647. The second kappa shape index (κ2) is 50.2. The number of ether oxygens (including phenoxy) is 1. The van der Waals surface area contributed by atoms with Crippen molar-refractivity contribution in [2.75, 3.05) is 13.2 Å². The molecule has 0 aromatic carbocycles. The summed E-state index contributed by atoms with van der Waals surface area (Å²) in [6.45, 7) is 4.85. The number of aliphatic hydroxyl groups is 2. The Kier molecular flexibility index (Phi) is 49.1. The van der Waals surface area contributed by atoms with Gasteiger partial charge >= 0.3 is 5.97 Å². The normalized spacial score (nSPS) is 12.7. The van der Waals surface area contributed by atoms with E-state index in [-0.39, 0.29) is 18.5 Å². The molecular formula is C54H105NO5. The fourth-order valence-corrected chi connectivity index (χ4v) is 8.40. The van der Waals surface area contributed by atoms with Crippen molar-refractivity contribution in [3.05, 3.63) is 12.2 Å². The number of rotatable bonds is 50. The monoisotopic (exact) mass is 848 g/mol. The maximum absolute atomic E-state index is 12.4. The Hall–Kier alpha value is -1.40. The van der Waals surface area contributed by atoms with Gasteiger partial charge in [0.25, 0.3) is 0 Å². The van der Waals surface area contributed by atoms with Crippen LogP contribution in [0.2, 0.25) is 0 Å². The summed E-state index contributed by atoms with van der Waals surface area (Å²) in [5.41, 5.74) is 0. The number of nitrogens with one attached hydrogen (secondary N) is 1. The smallest absolute Gasteiger partial charge is 0.305 e. The predicted molar refractivity (Wildman–Crippen MR) is 260 cm³/mol. The molecule has 0 aliphatic carbocycles. The number of carbonyl (C=O) groups is 2. The molecule has 0 saturated carbocycles. The van der Waals surface area contributed by atoms with E-state index in [0.29, 0.717) is 19.4 Å². The summed E-state index contributed by atoms with van der Waals surface area (Å²) in [7, 11) is 0. The maximum Gasteiger partial charge on any atom is 0.305 e. The van der Waals surface area contributed by atoms with E-state index in [9.17, 15) is 19.8 Å². The minimum atomic E-state index is -0.861. The summed E-state index contributed by atoms with van der Waals surface area (Å²) >= 11 is 0. The molecule has 356 valence electrons. The molecule has 0 fully saturated rings. The first-order valence-electron chi connectivity index (χ1n) is 27.0. The van der Waals surface area contributed by atoms with E-state index < -0.39 is 12.1 Å². The molecule has 3 N–H and O–H groups in total. The Morgan fingerprint density at radius 1 is 0.450 bits per heavy atom. The van der Waals surface area contributed by atoms with Gasteiger partial charge in [0.1, 0.15) is 0 Å². The van der Waals surface area contributed by atoms with E-state index in [2.05, 4.69) is 19.2 Å². The average Bonchev–Trinajstić information content (AvgIpc) is 3.25. The van der Waals surface area contributed by atoms with Crippen LogP contribution < -0.4 is 5.32 Å². The van der Waals surface area contributed by atoms with Crippen LogP contribution in [-0.2, 0) is 14.3 Å². The van der Waals surface area contributed by atoms with E-state index in [4.69, 9.17) is 4.74 Å². The number of amides is 1. The van der Waals surface area contributed by atoms with Gasteiger partial charge in [-0.2, -0.15) is 0 Å². The molecule has 0 aliphatic heterocycles. The summed E-state index contributed by atoms with van der Waals surface area (Å²) in [5.74, 6) is -0.119. The average molecular weight is 848 g/mol. The van der Waals surface area contributed by atoms with Crippen molar-refractivity contribution in [2.45, 2.75) is 309 Å². The van der Waals surface area contributed by atoms with Gasteiger partial charge in [0.05, 0.1) is 25.4 Å². The van der Waals surface area contributed by atoms with Crippen LogP contribution in [-0.4, -0.2) is 47.4 Å². The minimum Gasteiger partial charge on any atom is -0.466 e. The van der Waals surface area contributed by atoms with Crippen molar-refractivity contribution in [2.24, 2.45) is 0 Å². The summed E-state index contributed by atoms with van der Waals surface area (Å²) < 4.78 is 5.43. The number of esters is 1. The van der Waals surface area contributed by atoms with Crippen molar-refractivity contribution in [3.8, 4) is 0 Å². The summed E-state index contributed by atoms with van der Waals surface area (Å²) in [4.78, 5) is 24.4. The molecule has 0 spiro atoms. The Bertz CT molecular complexity index is 893. The highest BCUT2D eigenvalue weighted by molar-refractivity contribution is 5.76.